The lowest BCUT2D eigenvalue weighted by Crippen LogP contribution is -2.16. The second kappa shape index (κ2) is 5.82. The minimum Gasteiger partial charge on any atom is -0.486 e. The molecule has 0 spiro atoms. The molecule has 0 saturated heterocycles. The van der Waals surface area contributed by atoms with Gasteiger partial charge in [0.05, 0.1) is 0 Å². The molecule has 3 heteroatoms. The molecule has 1 saturated carbocycles. The molecule has 1 aliphatic carbocycles. The normalized spacial score (nSPS) is 15.4. The molecular weight excluding hydrogens is 217 g/mol. The van der Waals surface area contributed by atoms with Crippen LogP contribution in [0.1, 0.15) is 25.3 Å². The van der Waals surface area contributed by atoms with Gasteiger partial charge in [0.15, 0.2) is 11.6 Å². The maximum absolute atomic E-state index is 13.6. The first-order chi connectivity index (χ1) is 8.31. The molecule has 92 valence electrons. The Bertz CT molecular complexity index is 399. The third-order valence-electron chi connectivity index (χ3n) is 2.77. The van der Waals surface area contributed by atoms with Crippen molar-refractivity contribution in [2.45, 2.75) is 32.4 Å². The number of para-hydroxylation sites is 1. The molecule has 1 fully saturated rings. The third kappa shape index (κ3) is 3.56. The van der Waals surface area contributed by atoms with Crippen LogP contribution in [-0.2, 0) is 6.54 Å². The molecule has 0 atom stereocenters. The van der Waals surface area contributed by atoms with E-state index in [0.29, 0.717) is 24.9 Å². The van der Waals surface area contributed by atoms with Gasteiger partial charge in [0.25, 0.3) is 0 Å². The number of benzene rings is 1. The highest BCUT2D eigenvalue weighted by atomic mass is 19.1. The predicted octanol–water partition coefficient (Wildman–Crippen LogP) is 3.03. The zero-order valence-corrected chi connectivity index (χ0v) is 10.1. The summed E-state index contributed by atoms with van der Waals surface area (Å²) < 4.78 is 19.1. The van der Waals surface area contributed by atoms with E-state index in [4.69, 9.17) is 4.74 Å². The Hall–Kier alpha value is -1.35. The molecule has 0 unspecified atom stereocenters. The first kappa shape index (κ1) is 12.1. The molecule has 0 bridgehead atoms. The second-order valence-corrected chi connectivity index (χ2v) is 4.26. The van der Waals surface area contributed by atoms with Crippen LogP contribution in [0.4, 0.5) is 4.39 Å². The molecule has 2 nitrogen and oxygen atoms in total. The fourth-order valence-corrected chi connectivity index (χ4v) is 1.62. The monoisotopic (exact) mass is 235 g/mol. The molecule has 1 aliphatic rings. The fraction of sp³-hybridized carbons (Fsp3) is 0.429. The molecule has 0 heterocycles. The van der Waals surface area contributed by atoms with E-state index in [9.17, 15) is 4.39 Å². The Morgan fingerprint density at radius 3 is 3.00 bits per heavy atom. The largest absolute Gasteiger partial charge is 0.486 e. The topological polar surface area (TPSA) is 21.3 Å². The van der Waals surface area contributed by atoms with Crippen LogP contribution < -0.4 is 10.1 Å². The lowest BCUT2D eigenvalue weighted by atomic mass is 10.2. The number of hydrogen-bond acceptors (Lipinski definition) is 2. The molecule has 0 aromatic heterocycles. The maximum Gasteiger partial charge on any atom is 0.165 e. The number of ether oxygens (including phenoxy) is 1. The average Bonchev–Trinajstić information content (AvgIpc) is 3.13. The van der Waals surface area contributed by atoms with E-state index in [-0.39, 0.29) is 5.82 Å². The van der Waals surface area contributed by atoms with E-state index >= 15 is 0 Å². The van der Waals surface area contributed by atoms with Gasteiger partial charge in [0.1, 0.15) is 6.61 Å². The molecule has 0 amide bonds. The fourth-order valence-electron chi connectivity index (χ4n) is 1.62. The van der Waals surface area contributed by atoms with Crippen LogP contribution in [0.2, 0.25) is 0 Å². The first-order valence-corrected chi connectivity index (χ1v) is 6.06. The highest BCUT2D eigenvalue weighted by Crippen LogP contribution is 2.25. The van der Waals surface area contributed by atoms with Crippen molar-refractivity contribution in [3.8, 4) is 5.75 Å². The first-order valence-electron chi connectivity index (χ1n) is 6.06. The van der Waals surface area contributed by atoms with E-state index in [0.717, 1.165) is 5.56 Å². The maximum atomic E-state index is 13.6. The Morgan fingerprint density at radius 2 is 2.29 bits per heavy atom. The van der Waals surface area contributed by atoms with Crippen molar-refractivity contribution in [3.05, 3.63) is 41.7 Å². The van der Waals surface area contributed by atoms with Crippen LogP contribution in [0.15, 0.2) is 30.4 Å². The summed E-state index contributed by atoms with van der Waals surface area (Å²) in [5.74, 6) is 0.0864. The highest BCUT2D eigenvalue weighted by molar-refractivity contribution is 5.35. The van der Waals surface area contributed by atoms with Crippen LogP contribution in [0, 0.1) is 5.82 Å². The van der Waals surface area contributed by atoms with Gasteiger partial charge in [0, 0.05) is 18.2 Å². The standard InChI is InChI=1S/C14H18FNO/c1-2-3-9-17-14-11(5-4-6-13(14)15)10-16-12-7-8-12/h2-6,12,16H,7-10H2,1H3/b3-2+. The molecule has 1 aromatic carbocycles. The van der Waals surface area contributed by atoms with Gasteiger partial charge in [0.2, 0.25) is 0 Å². The van der Waals surface area contributed by atoms with Crippen LogP contribution in [-0.4, -0.2) is 12.6 Å². The van der Waals surface area contributed by atoms with Gasteiger partial charge in [-0.1, -0.05) is 24.3 Å². The number of rotatable bonds is 6. The summed E-state index contributed by atoms with van der Waals surface area (Å²) in [5.41, 5.74) is 0.890. The summed E-state index contributed by atoms with van der Waals surface area (Å²) >= 11 is 0. The Morgan fingerprint density at radius 1 is 1.47 bits per heavy atom. The van der Waals surface area contributed by atoms with E-state index in [2.05, 4.69) is 5.32 Å². The van der Waals surface area contributed by atoms with Crippen molar-refractivity contribution in [2.75, 3.05) is 6.61 Å². The van der Waals surface area contributed by atoms with Crippen LogP contribution in [0.5, 0.6) is 5.75 Å². The number of hydrogen-bond donors (Lipinski definition) is 1. The zero-order chi connectivity index (χ0) is 12.1. The van der Waals surface area contributed by atoms with Gasteiger partial charge in [-0.15, -0.1) is 0 Å². The zero-order valence-electron chi connectivity index (χ0n) is 10.1. The summed E-state index contributed by atoms with van der Waals surface area (Å²) in [6, 6.07) is 5.68. The summed E-state index contributed by atoms with van der Waals surface area (Å²) in [4.78, 5) is 0. The lowest BCUT2D eigenvalue weighted by molar-refractivity contribution is 0.336. The van der Waals surface area contributed by atoms with E-state index in [1.165, 1.54) is 18.9 Å². The average molecular weight is 235 g/mol. The lowest BCUT2D eigenvalue weighted by Gasteiger charge is -2.11. The van der Waals surface area contributed by atoms with Gasteiger partial charge in [-0.25, -0.2) is 4.39 Å². The number of halogens is 1. The summed E-state index contributed by atoms with van der Waals surface area (Å²) in [5, 5.41) is 3.37. The third-order valence-corrected chi connectivity index (χ3v) is 2.77. The minimum absolute atomic E-state index is 0.287. The van der Waals surface area contributed by atoms with Gasteiger partial charge < -0.3 is 10.1 Å². The molecule has 0 radical (unpaired) electrons. The predicted molar refractivity (Wildman–Crippen MR) is 66.6 cm³/mol. The van der Waals surface area contributed by atoms with E-state index < -0.39 is 0 Å². The minimum atomic E-state index is -0.287. The van der Waals surface area contributed by atoms with Gasteiger partial charge >= 0.3 is 0 Å². The van der Waals surface area contributed by atoms with Crippen molar-refractivity contribution in [1.29, 1.82) is 0 Å². The van der Waals surface area contributed by atoms with Crippen molar-refractivity contribution in [3.63, 3.8) is 0 Å². The molecule has 17 heavy (non-hydrogen) atoms. The van der Waals surface area contributed by atoms with Gasteiger partial charge in [-0.2, -0.15) is 0 Å². The Labute approximate surface area is 101 Å². The summed E-state index contributed by atoms with van der Waals surface area (Å²) in [6.07, 6.45) is 6.21. The van der Waals surface area contributed by atoms with E-state index in [1.54, 1.807) is 6.07 Å². The van der Waals surface area contributed by atoms with Crippen molar-refractivity contribution in [2.24, 2.45) is 0 Å². The highest BCUT2D eigenvalue weighted by Gasteiger charge is 2.21. The smallest absolute Gasteiger partial charge is 0.165 e. The van der Waals surface area contributed by atoms with Crippen molar-refractivity contribution >= 4 is 0 Å². The Kier molecular flexibility index (Phi) is 4.15. The Balaban J connectivity index is 2.02. The molecule has 2 rings (SSSR count). The van der Waals surface area contributed by atoms with Crippen molar-refractivity contribution in [1.82, 2.24) is 5.32 Å². The number of allylic oxidation sites excluding steroid dienone is 1. The van der Waals surface area contributed by atoms with Crippen molar-refractivity contribution < 1.29 is 9.13 Å². The second-order valence-electron chi connectivity index (χ2n) is 4.26. The van der Waals surface area contributed by atoms with Crippen LogP contribution in [0.3, 0.4) is 0 Å². The van der Waals surface area contributed by atoms with Crippen LogP contribution >= 0.6 is 0 Å². The molecule has 1 aromatic rings. The molecule has 0 aliphatic heterocycles. The molecular formula is C14H18FNO. The van der Waals surface area contributed by atoms with Gasteiger partial charge in [-0.05, 0) is 25.8 Å². The molecule has 1 N–H and O–H groups in total. The summed E-state index contributed by atoms with van der Waals surface area (Å²) in [7, 11) is 0. The van der Waals surface area contributed by atoms with E-state index in [1.807, 2.05) is 25.1 Å². The van der Waals surface area contributed by atoms with Crippen LogP contribution in [0.25, 0.3) is 0 Å². The SMILES string of the molecule is C/C=C/COc1c(F)cccc1CNC1CC1. The van der Waals surface area contributed by atoms with Gasteiger partial charge in [-0.3, -0.25) is 0 Å². The number of nitrogens with one attached hydrogen (secondary N) is 1. The quantitative estimate of drug-likeness (QED) is 0.765. The summed E-state index contributed by atoms with van der Waals surface area (Å²) in [6.45, 7) is 3.00.